The van der Waals surface area contributed by atoms with E-state index in [-0.39, 0.29) is 30.9 Å². The molecule has 10 nitrogen and oxygen atoms in total. The number of nitrogens with zero attached hydrogens (tertiary/aromatic N) is 3. The minimum absolute atomic E-state index is 0.0897. The van der Waals surface area contributed by atoms with Crippen molar-refractivity contribution in [1.82, 2.24) is 10.2 Å². The standard InChI is InChI=1S/C30H27N5O5S/c1-2-25(28(37)32-19-12-13-23-24(14-19)40-17-39-23)41-30-34-21-11-7-6-10-20(21)27-33-22(29(38)35(27)30)15-26(36)31-16-18-8-4-3-5-9-18/h3-14,22,25H,2,15-17H2,1H3,(H,31,36)(H,32,37). The first-order valence-electron chi connectivity index (χ1n) is 13.3. The van der Waals surface area contributed by atoms with Crippen molar-refractivity contribution in [1.29, 1.82) is 0 Å². The largest absolute Gasteiger partial charge is 0.454 e. The average Bonchev–Trinajstić information content (AvgIpc) is 3.59. The molecule has 0 bridgehead atoms. The van der Waals surface area contributed by atoms with Crippen molar-refractivity contribution in [2.45, 2.75) is 37.6 Å². The van der Waals surface area contributed by atoms with Gasteiger partial charge >= 0.3 is 0 Å². The van der Waals surface area contributed by atoms with Crippen molar-refractivity contribution < 1.29 is 23.9 Å². The topological polar surface area (TPSA) is 122 Å². The van der Waals surface area contributed by atoms with Crippen LogP contribution in [0.3, 0.4) is 0 Å². The van der Waals surface area contributed by atoms with Crippen LogP contribution in [0.25, 0.3) is 0 Å². The Labute approximate surface area is 240 Å². The van der Waals surface area contributed by atoms with E-state index < -0.39 is 11.3 Å². The molecule has 0 saturated heterocycles. The van der Waals surface area contributed by atoms with Gasteiger partial charge in [0.05, 0.1) is 17.4 Å². The van der Waals surface area contributed by atoms with Crippen molar-refractivity contribution in [2.24, 2.45) is 9.98 Å². The van der Waals surface area contributed by atoms with E-state index in [9.17, 15) is 14.4 Å². The van der Waals surface area contributed by atoms with Gasteiger partial charge in [-0.15, -0.1) is 0 Å². The van der Waals surface area contributed by atoms with E-state index in [0.29, 0.717) is 52.4 Å². The van der Waals surface area contributed by atoms with Gasteiger partial charge in [0.25, 0.3) is 5.91 Å². The molecule has 3 aromatic carbocycles. The minimum Gasteiger partial charge on any atom is -0.454 e. The van der Waals surface area contributed by atoms with Crippen molar-refractivity contribution in [3.63, 3.8) is 0 Å². The molecule has 0 aliphatic carbocycles. The highest BCUT2D eigenvalue weighted by Crippen LogP contribution is 2.37. The average molecular weight is 570 g/mol. The molecule has 3 aliphatic heterocycles. The smallest absolute Gasteiger partial charge is 0.259 e. The number of fused-ring (bicyclic) bond motifs is 4. The summed E-state index contributed by atoms with van der Waals surface area (Å²) in [6.07, 6.45) is 0.398. The van der Waals surface area contributed by atoms with Gasteiger partial charge in [-0.2, -0.15) is 0 Å². The van der Waals surface area contributed by atoms with Crippen molar-refractivity contribution >= 4 is 51.9 Å². The number of nitrogens with one attached hydrogen (secondary N) is 2. The Kier molecular flexibility index (Phi) is 7.43. The first kappa shape index (κ1) is 26.6. The Morgan fingerprint density at radius 2 is 1.83 bits per heavy atom. The molecule has 3 amide bonds. The van der Waals surface area contributed by atoms with Crippen molar-refractivity contribution in [3.05, 3.63) is 83.9 Å². The zero-order chi connectivity index (χ0) is 28.3. The van der Waals surface area contributed by atoms with Crippen LogP contribution in [0.5, 0.6) is 11.5 Å². The number of carbonyl (C=O) groups is 3. The monoisotopic (exact) mass is 569 g/mol. The third kappa shape index (κ3) is 5.53. The van der Waals surface area contributed by atoms with Gasteiger partial charge in [-0.05, 0) is 36.2 Å². The number of thioether (sulfide) groups is 1. The first-order valence-corrected chi connectivity index (χ1v) is 14.2. The fourth-order valence-electron chi connectivity index (χ4n) is 4.70. The van der Waals surface area contributed by atoms with E-state index in [0.717, 1.165) is 5.56 Å². The summed E-state index contributed by atoms with van der Waals surface area (Å²) in [7, 11) is 0. The normalized spacial score (nSPS) is 17.2. The Morgan fingerprint density at radius 1 is 1.05 bits per heavy atom. The molecule has 0 aromatic heterocycles. The molecule has 2 atom stereocenters. The van der Waals surface area contributed by atoms with Crippen LogP contribution in [0.15, 0.2) is 82.8 Å². The molecule has 3 aromatic rings. The molecule has 11 heteroatoms. The summed E-state index contributed by atoms with van der Waals surface area (Å²) in [5, 5.41) is 5.60. The lowest BCUT2D eigenvalue weighted by Crippen LogP contribution is -2.43. The molecular weight excluding hydrogens is 542 g/mol. The number of aliphatic imine (C=N–C) groups is 2. The second-order valence-corrected chi connectivity index (χ2v) is 10.8. The van der Waals surface area contributed by atoms with Crippen LogP contribution in [0, 0.1) is 0 Å². The van der Waals surface area contributed by atoms with Gasteiger partial charge in [0, 0.05) is 23.9 Å². The number of hydrogen-bond donors (Lipinski definition) is 2. The summed E-state index contributed by atoms with van der Waals surface area (Å²) < 4.78 is 10.8. The number of amides is 3. The van der Waals surface area contributed by atoms with Crippen LogP contribution in [-0.4, -0.2) is 51.7 Å². The van der Waals surface area contributed by atoms with Gasteiger partial charge in [0.1, 0.15) is 11.9 Å². The van der Waals surface area contributed by atoms with Gasteiger partial charge in [0.15, 0.2) is 16.7 Å². The number of para-hydroxylation sites is 1. The molecule has 0 saturated carbocycles. The molecule has 3 heterocycles. The minimum atomic E-state index is -0.889. The molecule has 2 unspecified atom stereocenters. The van der Waals surface area contributed by atoms with Crippen molar-refractivity contribution in [2.75, 3.05) is 12.1 Å². The summed E-state index contributed by atoms with van der Waals surface area (Å²) in [6, 6.07) is 21.3. The lowest BCUT2D eigenvalue weighted by atomic mass is 10.1. The fourth-order valence-corrected chi connectivity index (χ4v) is 5.72. The van der Waals surface area contributed by atoms with Crippen LogP contribution in [-0.2, 0) is 20.9 Å². The third-order valence-corrected chi connectivity index (χ3v) is 8.13. The molecule has 208 valence electrons. The molecule has 3 aliphatic rings. The number of benzene rings is 3. The maximum absolute atomic E-state index is 13.6. The van der Waals surface area contributed by atoms with Crippen LogP contribution < -0.4 is 20.1 Å². The van der Waals surface area contributed by atoms with E-state index in [1.807, 2.05) is 61.5 Å². The quantitative estimate of drug-likeness (QED) is 0.419. The van der Waals surface area contributed by atoms with Gasteiger partial charge in [-0.3, -0.25) is 19.4 Å². The number of rotatable bonds is 8. The highest BCUT2D eigenvalue weighted by atomic mass is 32.2. The first-order chi connectivity index (χ1) is 20.0. The van der Waals surface area contributed by atoms with E-state index >= 15 is 0 Å². The number of ether oxygens (including phenoxy) is 2. The predicted octanol–water partition coefficient (Wildman–Crippen LogP) is 4.23. The summed E-state index contributed by atoms with van der Waals surface area (Å²) in [5.41, 5.74) is 2.90. The van der Waals surface area contributed by atoms with Crippen LogP contribution in [0.4, 0.5) is 11.4 Å². The molecule has 0 spiro atoms. The summed E-state index contributed by atoms with van der Waals surface area (Å²) in [4.78, 5) is 50.5. The maximum Gasteiger partial charge on any atom is 0.259 e. The lowest BCUT2D eigenvalue weighted by Gasteiger charge is -2.27. The SMILES string of the molecule is CCC(SC1=Nc2ccccc2C2=NC(CC(=O)NCc3ccccc3)C(=O)N12)C(=O)Nc1ccc2c(c1)OCO2. The number of carbonyl (C=O) groups excluding carboxylic acids is 3. The number of hydrogen-bond acceptors (Lipinski definition) is 8. The van der Waals surface area contributed by atoms with Crippen LogP contribution >= 0.6 is 11.8 Å². The number of amidine groups is 2. The molecular formula is C30H27N5O5S. The van der Waals surface area contributed by atoms with E-state index in [2.05, 4.69) is 15.6 Å². The number of anilines is 1. The van der Waals surface area contributed by atoms with E-state index in [1.165, 1.54) is 16.7 Å². The molecule has 0 radical (unpaired) electrons. The fraction of sp³-hybridized carbons (Fsp3) is 0.233. The molecule has 2 N–H and O–H groups in total. The van der Waals surface area contributed by atoms with Crippen molar-refractivity contribution in [3.8, 4) is 11.5 Å². The lowest BCUT2D eigenvalue weighted by molar-refractivity contribution is -0.128. The molecule has 6 rings (SSSR count). The van der Waals surface area contributed by atoms with Gasteiger partial charge in [0.2, 0.25) is 18.6 Å². The summed E-state index contributed by atoms with van der Waals surface area (Å²) in [5.74, 6) is 0.781. The Morgan fingerprint density at radius 3 is 2.66 bits per heavy atom. The zero-order valence-corrected chi connectivity index (χ0v) is 23.0. The Hall–Kier alpha value is -4.64. The Bertz CT molecular complexity index is 1570. The van der Waals surface area contributed by atoms with E-state index in [1.54, 1.807) is 18.2 Å². The summed E-state index contributed by atoms with van der Waals surface area (Å²) >= 11 is 1.20. The van der Waals surface area contributed by atoms with Crippen LogP contribution in [0.1, 0.15) is 30.9 Å². The predicted molar refractivity (Wildman–Crippen MR) is 156 cm³/mol. The van der Waals surface area contributed by atoms with Gasteiger partial charge < -0.3 is 20.1 Å². The van der Waals surface area contributed by atoms with Crippen LogP contribution in [0.2, 0.25) is 0 Å². The molecule has 41 heavy (non-hydrogen) atoms. The second kappa shape index (κ2) is 11.5. The second-order valence-electron chi connectivity index (χ2n) is 9.59. The molecule has 0 fully saturated rings. The van der Waals surface area contributed by atoms with Gasteiger partial charge in [-0.25, -0.2) is 9.89 Å². The van der Waals surface area contributed by atoms with Gasteiger partial charge in [-0.1, -0.05) is 61.2 Å². The zero-order valence-electron chi connectivity index (χ0n) is 22.2. The van der Waals surface area contributed by atoms with E-state index in [4.69, 9.17) is 14.5 Å². The third-order valence-electron chi connectivity index (χ3n) is 6.81. The highest BCUT2D eigenvalue weighted by Gasteiger charge is 2.43. The maximum atomic E-state index is 13.6. The highest BCUT2D eigenvalue weighted by molar-refractivity contribution is 8.15. The summed E-state index contributed by atoms with van der Waals surface area (Å²) in [6.45, 7) is 2.41. The Balaban J connectivity index is 1.18.